The first-order valence-electron chi connectivity index (χ1n) is 24.0. The molecule has 0 unspecified atom stereocenters. The van der Waals surface area contributed by atoms with Gasteiger partial charge in [-0.25, -0.2) is 22.8 Å². The van der Waals surface area contributed by atoms with Gasteiger partial charge >= 0.3 is 66.0 Å². The van der Waals surface area contributed by atoms with Crippen LogP contribution in [0.4, 0.5) is 92.2 Å². The topological polar surface area (TPSA) is 144 Å². The van der Waals surface area contributed by atoms with Crippen molar-refractivity contribution < 1.29 is 126 Å². The molecule has 90 heavy (non-hydrogen) atoms. The molecule has 0 aliphatic heterocycles. The van der Waals surface area contributed by atoms with Crippen molar-refractivity contribution >= 4 is 58.1 Å². The summed E-state index contributed by atoms with van der Waals surface area (Å²) in [5, 5.41) is 25.9. The van der Waals surface area contributed by atoms with E-state index < -0.39 is 87.9 Å². The molecule has 6 aromatic rings. The highest BCUT2D eigenvalue weighted by molar-refractivity contribution is 6.69. The Morgan fingerprint density at radius 2 is 0.878 bits per heavy atom. The number of oxime groups is 2. The van der Waals surface area contributed by atoms with E-state index in [1.807, 2.05) is 0 Å². The van der Waals surface area contributed by atoms with Crippen LogP contribution in [0.25, 0.3) is 22.6 Å². The first-order chi connectivity index (χ1) is 40.9. The number of nitrogens with zero attached hydrogens (tertiary/aromatic N) is 3. The smallest absolute Gasteiger partial charge is 0.435 e. The number of terminal acetylenes is 1. The van der Waals surface area contributed by atoms with Gasteiger partial charge in [0.15, 0.2) is 10.9 Å². The number of methoxy groups -OCH3 is 2. The highest BCUT2D eigenvalue weighted by Gasteiger charge is 2.75. The number of carbonyl (C=O) groups excluding carboxylic acids is 2. The summed E-state index contributed by atoms with van der Waals surface area (Å²) in [7, 11) is 2.46. The molecule has 2 N–H and O–H groups in total. The quantitative estimate of drug-likeness (QED) is 0.0364. The van der Waals surface area contributed by atoms with Crippen molar-refractivity contribution in [2.75, 3.05) is 14.2 Å². The molecule has 0 spiro atoms. The summed E-state index contributed by atoms with van der Waals surface area (Å²) in [5.41, 5.74) is -20.5. The fraction of sp³-hybridized carbons (Fsp3) is 0.304. The zero-order valence-electron chi connectivity index (χ0n) is 46.5. The summed E-state index contributed by atoms with van der Waals surface area (Å²) in [5.74, 6) is 1.34. The van der Waals surface area contributed by atoms with Crippen LogP contribution in [0.3, 0.4) is 0 Å². The number of hydrogen-bond acceptors (Lipinski definition) is 10. The summed E-state index contributed by atoms with van der Waals surface area (Å²) < 4.78 is 288. The molecule has 0 atom stereocenters. The van der Waals surface area contributed by atoms with Crippen LogP contribution >= 0.6 is 34.8 Å². The number of benzene rings is 5. The average Bonchev–Trinajstić information content (AvgIpc) is 0.763. The number of halogens is 24. The number of carbonyl (C=O) groups is 2. The molecule has 0 aliphatic rings. The number of alkyl halides is 21. The number of esters is 2. The van der Waals surface area contributed by atoms with Crippen molar-refractivity contribution in [1.29, 1.82) is 0 Å². The van der Waals surface area contributed by atoms with Crippen LogP contribution in [0.5, 0.6) is 0 Å². The second-order valence-corrected chi connectivity index (χ2v) is 19.9. The van der Waals surface area contributed by atoms with Crippen molar-refractivity contribution in [1.82, 2.24) is 5.16 Å². The van der Waals surface area contributed by atoms with Gasteiger partial charge < -0.3 is 24.4 Å². The molecule has 0 saturated heterocycles. The molecule has 1 heterocycles. The molecule has 1 aromatic heterocycles. The standard InChI is InChI=1S/C22H15ClF7NO3.C12H9ClF7NO.C12H10F7NO.C10H7ClO2/c1-10-6-13(20(24,21(25,26)27)22(28,29)30)7-11(2)18(10)16-9-17(34-31-16)12-4-5-15(23)14(8-12)19(32)33-3;1-5-3-7(4-6(2)8(5)9(13)21-22)10(14,11(15,16)17)12(18,19)20;1-6-3-8(4-7(2)9(6)5-20-21)10(13,11(14,15)16)12(17,18)19;1-3-7-4-5-9(11)8(6-7)10(12)13-2/h4-9H,1-3H3;3-4,22H,1-2H3;3-5,21H,1-2H3;1,4-6H,2H3/b;21-9-;20-5+;. The third kappa shape index (κ3) is 15.8. The van der Waals surface area contributed by atoms with Crippen LogP contribution in [0.15, 0.2) is 93.7 Å². The van der Waals surface area contributed by atoms with E-state index in [2.05, 4.69) is 30.9 Å². The van der Waals surface area contributed by atoms with E-state index in [9.17, 15) is 102 Å². The molecule has 0 aliphatic carbocycles. The molecule has 490 valence electrons. The van der Waals surface area contributed by atoms with Crippen molar-refractivity contribution in [2.45, 2.75) is 95.6 Å². The summed E-state index contributed by atoms with van der Waals surface area (Å²) in [6.07, 6.45) is -31.1. The molecule has 0 radical (unpaired) electrons. The van der Waals surface area contributed by atoms with Crippen molar-refractivity contribution in [3.05, 3.63) is 167 Å². The SMILES string of the molecule is C#Cc1ccc(Cl)c(C(=O)OC)c1.COC(=O)c1cc(-c2cc(-c3c(C)cc(C(F)(C(F)(F)F)C(F)(F)F)cc3C)no2)ccc1Cl.Cc1cc(C(F)(C(F)(F)F)C(F)(F)F)cc(C)c1/C(Cl)=N/O.Cc1cc(C(F)(C(F)(F)F)C(F)(F)F)cc(C)c1/C=N/O. The predicted molar refractivity (Wildman–Crippen MR) is 284 cm³/mol. The number of aromatic nitrogens is 1. The van der Waals surface area contributed by atoms with Gasteiger partial charge in [-0.3, -0.25) is 0 Å². The molecular weight excluding hydrogens is 1330 g/mol. The fourth-order valence-corrected chi connectivity index (χ4v) is 9.05. The van der Waals surface area contributed by atoms with Crippen molar-refractivity contribution in [2.24, 2.45) is 10.3 Å². The van der Waals surface area contributed by atoms with Crippen LogP contribution in [-0.2, 0) is 26.5 Å². The van der Waals surface area contributed by atoms with E-state index in [4.69, 9.17) is 56.2 Å². The van der Waals surface area contributed by atoms with E-state index in [1.54, 1.807) is 12.1 Å². The summed E-state index contributed by atoms with van der Waals surface area (Å²) in [4.78, 5) is 23.0. The highest BCUT2D eigenvalue weighted by atomic mass is 35.5. The first kappa shape index (κ1) is 76.4. The maximum Gasteiger partial charge on any atom is 0.435 e. The van der Waals surface area contributed by atoms with Gasteiger partial charge in [-0.2, -0.15) is 79.0 Å². The second kappa shape index (κ2) is 28.1. The van der Waals surface area contributed by atoms with Crippen LogP contribution in [0, 0.1) is 53.9 Å². The van der Waals surface area contributed by atoms with Crippen LogP contribution in [0.2, 0.25) is 10.0 Å². The van der Waals surface area contributed by atoms with E-state index in [0.29, 0.717) is 58.1 Å². The average molecular weight is 1370 g/mol. The molecule has 10 nitrogen and oxygen atoms in total. The Morgan fingerprint density at radius 1 is 0.533 bits per heavy atom. The Bertz CT molecular complexity index is 3600. The van der Waals surface area contributed by atoms with Gasteiger partial charge in [0, 0.05) is 50.6 Å². The van der Waals surface area contributed by atoms with E-state index in [1.165, 1.54) is 65.1 Å². The third-order valence-electron chi connectivity index (χ3n) is 12.6. The van der Waals surface area contributed by atoms with Gasteiger partial charge in [-0.15, -0.1) is 6.42 Å². The largest absolute Gasteiger partial charge is 0.465 e. The number of ether oxygens (including phenoxy) is 2. The van der Waals surface area contributed by atoms with Gasteiger partial charge in [-0.1, -0.05) is 92.6 Å². The lowest BCUT2D eigenvalue weighted by Gasteiger charge is -2.31. The second-order valence-electron chi connectivity index (χ2n) is 18.7. The molecule has 5 aromatic carbocycles. The van der Waals surface area contributed by atoms with Gasteiger partial charge in [0.25, 0.3) is 0 Å². The van der Waals surface area contributed by atoms with E-state index in [0.717, 1.165) is 27.2 Å². The highest BCUT2D eigenvalue weighted by Crippen LogP contribution is 2.56. The van der Waals surface area contributed by atoms with Gasteiger partial charge in [0.05, 0.1) is 41.6 Å². The molecular formula is C56H41Cl3F21N3O7. The van der Waals surface area contributed by atoms with Crippen LogP contribution < -0.4 is 0 Å². The Hall–Kier alpha value is -7.85. The summed E-state index contributed by atoms with van der Waals surface area (Å²) in [6.45, 7) is 7.05. The Balaban J connectivity index is 0.000000331. The zero-order valence-corrected chi connectivity index (χ0v) is 48.8. The minimum absolute atomic E-state index is 0.0370. The van der Waals surface area contributed by atoms with Crippen molar-refractivity contribution in [3.63, 3.8) is 0 Å². The minimum Gasteiger partial charge on any atom is -0.465 e. The fourth-order valence-electron chi connectivity index (χ4n) is 8.36. The Morgan fingerprint density at radius 3 is 1.21 bits per heavy atom. The maximum absolute atomic E-state index is 14.5. The lowest BCUT2D eigenvalue weighted by Crippen LogP contribution is -2.50. The van der Waals surface area contributed by atoms with Crippen molar-refractivity contribution in [3.8, 4) is 34.9 Å². The van der Waals surface area contributed by atoms with E-state index >= 15 is 0 Å². The first-order valence-corrected chi connectivity index (χ1v) is 25.1. The molecule has 34 heteroatoms. The summed E-state index contributed by atoms with van der Waals surface area (Å²) >= 11 is 17.2. The Labute approximate surface area is 509 Å². The third-order valence-corrected chi connectivity index (χ3v) is 13.6. The zero-order chi connectivity index (χ0) is 69.6. The summed E-state index contributed by atoms with van der Waals surface area (Å²) in [6, 6.07) is 13.0. The molecule has 0 saturated carbocycles. The van der Waals surface area contributed by atoms with E-state index in [-0.39, 0.29) is 72.1 Å². The predicted octanol–water partition coefficient (Wildman–Crippen LogP) is 18.8. The van der Waals surface area contributed by atoms with Crippen LogP contribution in [-0.4, -0.2) is 90.2 Å². The molecule has 6 rings (SSSR count). The lowest BCUT2D eigenvalue weighted by atomic mass is 9.88. The van der Waals surface area contributed by atoms with Gasteiger partial charge in [0.1, 0.15) is 5.69 Å². The molecule has 0 bridgehead atoms. The molecule has 0 fully saturated rings. The number of aryl methyl sites for hydroxylation is 6. The monoisotopic (exact) mass is 1370 g/mol. The van der Waals surface area contributed by atoms with Gasteiger partial charge in [-0.05, 0) is 111 Å². The number of rotatable bonds is 9. The molecule has 0 amide bonds. The Kier molecular flexibility index (Phi) is 23.9. The van der Waals surface area contributed by atoms with Gasteiger partial charge in [0.2, 0.25) is 0 Å². The minimum atomic E-state index is -6.22. The normalized spacial score (nSPS) is 12.9. The lowest BCUT2D eigenvalue weighted by molar-refractivity contribution is -0.349. The number of hydrogen-bond donors (Lipinski definition) is 2. The maximum atomic E-state index is 14.5. The van der Waals surface area contributed by atoms with Crippen LogP contribution in [0.1, 0.15) is 87.5 Å².